The minimum Gasteiger partial charge on any atom is -0.469 e. The van der Waals surface area contributed by atoms with Crippen LogP contribution in [0, 0.1) is 5.92 Å². The molecule has 0 fully saturated rings. The molecule has 1 N–H and O–H groups in total. The molecule has 1 aromatic rings. The van der Waals surface area contributed by atoms with E-state index in [9.17, 15) is 4.79 Å². The second kappa shape index (κ2) is 6.58. The summed E-state index contributed by atoms with van der Waals surface area (Å²) in [6.45, 7) is 3.45. The van der Waals surface area contributed by atoms with E-state index in [4.69, 9.17) is 0 Å². The summed E-state index contributed by atoms with van der Waals surface area (Å²) in [6, 6.07) is 4.17. The molecule has 0 saturated carbocycles. The molecule has 0 aliphatic heterocycles. The molecule has 84 valence electrons. The Balaban J connectivity index is 2.09. The van der Waals surface area contributed by atoms with Crippen molar-refractivity contribution < 1.29 is 9.53 Å². The van der Waals surface area contributed by atoms with Gasteiger partial charge in [0.2, 0.25) is 0 Å². The predicted molar refractivity (Wildman–Crippen MR) is 62.1 cm³/mol. The maximum Gasteiger partial charge on any atom is 0.309 e. The number of ether oxygens (including phenoxy) is 1. The van der Waals surface area contributed by atoms with Crippen LogP contribution in [0.4, 0.5) is 0 Å². The Labute approximate surface area is 94.5 Å². The summed E-state index contributed by atoms with van der Waals surface area (Å²) in [5.74, 6) is -0.225. The molecule has 0 aromatic carbocycles. The van der Waals surface area contributed by atoms with Gasteiger partial charge in [-0.25, -0.2) is 0 Å². The van der Waals surface area contributed by atoms with E-state index in [-0.39, 0.29) is 11.9 Å². The summed E-state index contributed by atoms with van der Waals surface area (Å²) in [5.41, 5.74) is 0. The first kappa shape index (κ1) is 12.2. The second-order valence-corrected chi connectivity index (χ2v) is 4.49. The first-order valence-corrected chi connectivity index (χ1v) is 5.93. The fourth-order valence-electron chi connectivity index (χ4n) is 1.27. The van der Waals surface area contributed by atoms with Gasteiger partial charge in [0.1, 0.15) is 0 Å². The third-order valence-corrected chi connectivity index (χ3v) is 3.12. The van der Waals surface area contributed by atoms with Crippen LogP contribution in [0.3, 0.4) is 0 Å². The first-order valence-electron chi connectivity index (χ1n) is 5.05. The summed E-state index contributed by atoms with van der Waals surface area (Å²) in [4.78, 5) is 12.4. The average Bonchev–Trinajstić information content (AvgIpc) is 2.75. The van der Waals surface area contributed by atoms with Gasteiger partial charge in [0.25, 0.3) is 0 Å². The van der Waals surface area contributed by atoms with E-state index in [0.717, 1.165) is 13.0 Å². The van der Waals surface area contributed by atoms with Gasteiger partial charge in [-0.05, 0) is 24.4 Å². The fourth-order valence-corrected chi connectivity index (χ4v) is 1.98. The van der Waals surface area contributed by atoms with Crippen LogP contribution in [-0.4, -0.2) is 26.2 Å². The lowest BCUT2D eigenvalue weighted by atomic mass is 10.2. The van der Waals surface area contributed by atoms with Crippen molar-refractivity contribution in [3.63, 3.8) is 0 Å². The lowest BCUT2D eigenvalue weighted by Gasteiger charge is -2.09. The summed E-state index contributed by atoms with van der Waals surface area (Å²) in [7, 11) is 1.42. The van der Waals surface area contributed by atoms with Gasteiger partial charge in [-0.15, -0.1) is 11.3 Å². The number of nitrogens with one attached hydrogen (secondary N) is 1. The summed E-state index contributed by atoms with van der Waals surface area (Å²) >= 11 is 1.76. The Morgan fingerprint density at radius 3 is 3.07 bits per heavy atom. The highest BCUT2D eigenvalue weighted by Crippen LogP contribution is 2.08. The number of methoxy groups -OCH3 is 1. The molecule has 1 rings (SSSR count). The van der Waals surface area contributed by atoms with Crippen LogP contribution in [0.15, 0.2) is 17.5 Å². The van der Waals surface area contributed by atoms with Crippen LogP contribution in [0.25, 0.3) is 0 Å². The highest BCUT2D eigenvalue weighted by Gasteiger charge is 2.11. The number of esters is 1. The number of rotatable bonds is 6. The molecule has 0 spiro atoms. The second-order valence-electron chi connectivity index (χ2n) is 3.46. The normalized spacial score (nSPS) is 12.4. The average molecular weight is 227 g/mol. The molecule has 0 radical (unpaired) electrons. The Morgan fingerprint density at radius 1 is 1.67 bits per heavy atom. The van der Waals surface area contributed by atoms with Crippen LogP contribution >= 0.6 is 11.3 Å². The number of carbonyl (C=O) groups excluding carboxylic acids is 1. The van der Waals surface area contributed by atoms with Crippen molar-refractivity contribution >= 4 is 17.3 Å². The minimum absolute atomic E-state index is 0.0710. The molecule has 0 bridgehead atoms. The number of carbonyl (C=O) groups is 1. The van der Waals surface area contributed by atoms with E-state index in [1.54, 1.807) is 11.3 Å². The number of hydrogen-bond donors (Lipinski definition) is 1. The topological polar surface area (TPSA) is 38.3 Å². The Morgan fingerprint density at radius 2 is 2.47 bits per heavy atom. The highest BCUT2D eigenvalue weighted by atomic mass is 32.1. The quantitative estimate of drug-likeness (QED) is 0.593. The summed E-state index contributed by atoms with van der Waals surface area (Å²) < 4.78 is 4.64. The monoisotopic (exact) mass is 227 g/mol. The zero-order chi connectivity index (χ0) is 11.1. The zero-order valence-corrected chi connectivity index (χ0v) is 9.97. The van der Waals surface area contributed by atoms with E-state index in [1.807, 2.05) is 6.92 Å². The zero-order valence-electron chi connectivity index (χ0n) is 9.16. The largest absolute Gasteiger partial charge is 0.469 e. The molecule has 0 aliphatic rings. The lowest BCUT2D eigenvalue weighted by molar-refractivity contribution is -0.144. The van der Waals surface area contributed by atoms with E-state index in [2.05, 4.69) is 27.6 Å². The third-order valence-electron chi connectivity index (χ3n) is 2.18. The molecule has 1 heterocycles. The third kappa shape index (κ3) is 4.44. The van der Waals surface area contributed by atoms with Gasteiger partial charge < -0.3 is 10.1 Å². The number of hydrogen-bond acceptors (Lipinski definition) is 4. The maximum atomic E-state index is 11.1. The fraction of sp³-hybridized carbons (Fsp3) is 0.545. The molecule has 4 heteroatoms. The predicted octanol–water partition coefficient (Wildman–Crippen LogP) is 1.69. The number of thiophene rings is 1. The minimum atomic E-state index is -0.154. The molecule has 1 atom stereocenters. The molecule has 1 aromatic heterocycles. The van der Waals surface area contributed by atoms with E-state index >= 15 is 0 Å². The van der Waals surface area contributed by atoms with Crippen LogP contribution in [-0.2, 0) is 16.0 Å². The molecule has 0 aliphatic carbocycles. The SMILES string of the molecule is COC(=O)C(C)CNCCc1cccs1. The van der Waals surface area contributed by atoms with Crippen molar-refractivity contribution in [2.24, 2.45) is 5.92 Å². The Kier molecular flexibility index (Phi) is 5.36. The van der Waals surface area contributed by atoms with Crippen LogP contribution < -0.4 is 5.32 Å². The van der Waals surface area contributed by atoms with Gasteiger partial charge in [-0.3, -0.25) is 4.79 Å². The van der Waals surface area contributed by atoms with Gasteiger partial charge >= 0.3 is 5.97 Å². The van der Waals surface area contributed by atoms with Gasteiger partial charge in [0, 0.05) is 11.4 Å². The highest BCUT2D eigenvalue weighted by molar-refractivity contribution is 7.09. The summed E-state index contributed by atoms with van der Waals surface area (Å²) in [5, 5.41) is 5.32. The lowest BCUT2D eigenvalue weighted by Crippen LogP contribution is -2.28. The van der Waals surface area contributed by atoms with Crippen molar-refractivity contribution in [2.75, 3.05) is 20.2 Å². The van der Waals surface area contributed by atoms with Crippen LogP contribution in [0.2, 0.25) is 0 Å². The van der Waals surface area contributed by atoms with Crippen molar-refractivity contribution in [3.05, 3.63) is 22.4 Å². The van der Waals surface area contributed by atoms with Gasteiger partial charge in [0.05, 0.1) is 13.0 Å². The van der Waals surface area contributed by atoms with Gasteiger partial charge in [0.15, 0.2) is 0 Å². The molecule has 0 amide bonds. The molecule has 3 nitrogen and oxygen atoms in total. The smallest absolute Gasteiger partial charge is 0.309 e. The van der Waals surface area contributed by atoms with Gasteiger partial charge in [-0.1, -0.05) is 13.0 Å². The van der Waals surface area contributed by atoms with E-state index < -0.39 is 0 Å². The standard InChI is InChI=1S/C11H17NO2S/c1-9(11(13)14-2)8-12-6-5-10-4-3-7-15-10/h3-4,7,9,12H,5-6,8H2,1-2H3. The molecule has 0 saturated heterocycles. The van der Waals surface area contributed by atoms with E-state index in [1.165, 1.54) is 12.0 Å². The maximum absolute atomic E-state index is 11.1. The van der Waals surface area contributed by atoms with Crippen LogP contribution in [0.1, 0.15) is 11.8 Å². The Bertz CT molecular complexity index is 285. The summed E-state index contributed by atoms with van der Waals surface area (Å²) in [6.07, 6.45) is 1.02. The Hall–Kier alpha value is -0.870. The van der Waals surface area contributed by atoms with Crippen LogP contribution in [0.5, 0.6) is 0 Å². The van der Waals surface area contributed by atoms with Crippen molar-refractivity contribution in [1.82, 2.24) is 5.32 Å². The molecular formula is C11H17NO2S. The molecular weight excluding hydrogens is 210 g/mol. The van der Waals surface area contributed by atoms with Gasteiger partial charge in [-0.2, -0.15) is 0 Å². The van der Waals surface area contributed by atoms with Crippen molar-refractivity contribution in [3.8, 4) is 0 Å². The van der Waals surface area contributed by atoms with Crippen molar-refractivity contribution in [2.45, 2.75) is 13.3 Å². The van der Waals surface area contributed by atoms with E-state index in [0.29, 0.717) is 6.54 Å². The molecule has 15 heavy (non-hydrogen) atoms. The first-order chi connectivity index (χ1) is 7.24. The molecule has 1 unspecified atom stereocenters. The van der Waals surface area contributed by atoms with Crippen molar-refractivity contribution in [1.29, 1.82) is 0 Å².